The molecule has 0 amide bonds. The number of para-hydroxylation sites is 1. The predicted octanol–water partition coefficient (Wildman–Crippen LogP) is 6.61. The fraction of sp³-hybridized carbons (Fsp3) is 0.333. The highest BCUT2D eigenvalue weighted by atomic mass is 16.6. The van der Waals surface area contributed by atoms with Gasteiger partial charge in [0.1, 0.15) is 11.3 Å². The Morgan fingerprint density at radius 2 is 1.81 bits per heavy atom. The maximum atomic E-state index is 12.0. The van der Waals surface area contributed by atoms with Crippen LogP contribution in [0.2, 0.25) is 0 Å². The molecule has 4 heteroatoms. The summed E-state index contributed by atoms with van der Waals surface area (Å²) in [4.78, 5) is 23.9. The first-order valence-corrected chi connectivity index (χ1v) is 10.6. The molecule has 4 nitrogen and oxygen atoms in total. The summed E-state index contributed by atoms with van der Waals surface area (Å²) in [5, 5.41) is 9.66. The quantitative estimate of drug-likeness (QED) is 0.243. The third-order valence-corrected chi connectivity index (χ3v) is 5.44. The van der Waals surface area contributed by atoms with E-state index in [1.54, 1.807) is 25.1 Å². The first-order valence-electron chi connectivity index (χ1n) is 10.6. The van der Waals surface area contributed by atoms with E-state index in [1.807, 2.05) is 19.1 Å². The second-order valence-corrected chi connectivity index (χ2v) is 8.65. The van der Waals surface area contributed by atoms with Crippen LogP contribution in [0.4, 0.5) is 0 Å². The van der Waals surface area contributed by atoms with E-state index in [2.05, 4.69) is 32.9 Å². The lowest BCUT2D eigenvalue weighted by Gasteiger charge is -2.32. The summed E-state index contributed by atoms with van der Waals surface area (Å²) in [5.74, 6) is -1.89. The van der Waals surface area contributed by atoms with Gasteiger partial charge in [-0.3, -0.25) is 0 Å². The number of ether oxygens (including phenoxy) is 1. The molecule has 0 radical (unpaired) electrons. The summed E-state index contributed by atoms with van der Waals surface area (Å²) >= 11 is 0. The van der Waals surface area contributed by atoms with Gasteiger partial charge in [0.2, 0.25) is 0 Å². The standard InChI is InChI=1S/C27H32O4/c1-19(15-16-23-21(3)12-9-17-27(23,4)5)10-8-11-20(2)18-25(29)31-26(30)22-13-6-7-14-24(22)28/h6-8,10-11,13-16,18,28H,9,12,17H2,1-5H3/b11-8+,16-15+,19-10+,20-18+. The van der Waals surface area contributed by atoms with E-state index in [9.17, 15) is 14.7 Å². The van der Waals surface area contributed by atoms with E-state index in [0.717, 1.165) is 12.0 Å². The Hall–Kier alpha value is -3.14. The number of benzene rings is 1. The Labute approximate surface area is 185 Å². The van der Waals surface area contributed by atoms with E-state index in [4.69, 9.17) is 4.74 Å². The van der Waals surface area contributed by atoms with Crippen LogP contribution in [-0.4, -0.2) is 17.0 Å². The molecule has 31 heavy (non-hydrogen) atoms. The van der Waals surface area contributed by atoms with Crippen molar-refractivity contribution in [1.82, 2.24) is 0 Å². The van der Waals surface area contributed by atoms with Crippen molar-refractivity contribution in [3.05, 3.63) is 88.6 Å². The Kier molecular flexibility index (Phi) is 8.38. The Balaban J connectivity index is 1.97. The summed E-state index contributed by atoms with van der Waals surface area (Å²) in [6.07, 6.45) is 14.8. The molecule has 0 unspecified atom stereocenters. The second kappa shape index (κ2) is 10.8. The van der Waals surface area contributed by atoms with Crippen LogP contribution in [-0.2, 0) is 9.53 Å². The molecule has 1 aliphatic carbocycles. The van der Waals surface area contributed by atoms with Gasteiger partial charge < -0.3 is 9.84 Å². The molecule has 0 atom stereocenters. The number of esters is 2. The minimum Gasteiger partial charge on any atom is -0.507 e. The monoisotopic (exact) mass is 420 g/mol. The smallest absolute Gasteiger partial charge is 0.349 e. The van der Waals surface area contributed by atoms with Gasteiger partial charge in [-0.05, 0) is 68.7 Å². The van der Waals surface area contributed by atoms with Gasteiger partial charge in [0.25, 0.3) is 0 Å². The zero-order chi connectivity index (χ0) is 23.0. The third kappa shape index (κ3) is 7.25. The number of phenolic OH excluding ortho intramolecular Hbond substituents is 1. The van der Waals surface area contributed by atoms with Crippen molar-refractivity contribution < 1.29 is 19.4 Å². The minimum atomic E-state index is -0.882. The molecular formula is C27H32O4. The summed E-state index contributed by atoms with van der Waals surface area (Å²) in [5.41, 5.74) is 4.80. The van der Waals surface area contributed by atoms with Crippen molar-refractivity contribution >= 4 is 11.9 Å². The van der Waals surface area contributed by atoms with Crippen LogP contribution in [0.25, 0.3) is 0 Å². The Morgan fingerprint density at radius 1 is 1.10 bits per heavy atom. The van der Waals surface area contributed by atoms with Gasteiger partial charge in [0.05, 0.1) is 0 Å². The SMILES string of the molecule is CC1=C(/C=C/C(C)=C/C=C/C(C)=C/C(=O)OC(=O)c2ccccc2O)C(C)(C)CCC1. The molecule has 164 valence electrons. The summed E-state index contributed by atoms with van der Waals surface area (Å²) in [6.45, 7) is 10.6. The minimum absolute atomic E-state index is 0.0470. The van der Waals surface area contributed by atoms with Crippen molar-refractivity contribution in [2.45, 2.75) is 53.9 Å². The number of rotatable bonds is 6. The largest absolute Gasteiger partial charge is 0.507 e. The number of aromatic hydroxyl groups is 1. The highest BCUT2D eigenvalue weighted by molar-refractivity contribution is 6.01. The van der Waals surface area contributed by atoms with E-state index >= 15 is 0 Å². The van der Waals surface area contributed by atoms with Crippen LogP contribution in [0.15, 0.2) is 83.0 Å². The van der Waals surface area contributed by atoms with Crippen LogP contribution in [0.5, 0.6) is 5.75 Å². The molecule has 1 aromatic carbocycles. The van der Waals surface area contributed by atoms with Gasteiger partial charge in [0, 0.05) is 6.08 Å². The number of allylic oxidation sites excluding steroid dienone is 9. The molecule has 0 aromatic heterocycles. The fourth-order valence-electron chi connectivity index (χ4n) is 3.69. The molecule has 1 N–H and O–H groups in total. The van der Waals surface area contributed by atoms with Crippen molar-refractivity contribution in [2.75, 3.05) is 0 Å². The molecule has 0 aliphatic heterocycles. The first-order chi connectivity index (χ1) is 14.6. The highest BCUT2D eigenvalue weighted by Crippen LogP contribution is 2.40. The Bertz CT molecular complexity index is 984. The van der Waals surface area contributed by atoms with E-state index < -0.39 is 11.9 Å². The van der Waals surface area contributed by atoms with Crippen LogP contribution in [0.3, 0.4) is 0 Å². The normalized spacial score (nSPS) is 17.5. The van der Waals surface area contributed by atoms with Gasteiger partial charge in [-0.2, -0.15) is 0 Å². The number of hydrogen-bond acceptors (Lipinski definition) is 4. The molecule has 0 spiro atoms. The number of hydrogen-bond donors (Lipinski definition) is 1. The van der Waals surface area contributed by atoms with Gasteiger partial charge in [-0.15, -0.1) is 0 Å². The zero-order valence-corrected chi connectivity index (χ0v) is 19.1. The summed E-state index contributed by atoms with van der Waals surface area (Å²) in [6, 6.07) is 5.93. The number of phenols is 1. The fourth-order valence-corrected chi connectivity index (χ4v) is 3.69. The van der Waals surface area contributed by atoms with Crippen molar-refractivity contribution in [3.63, 3.8) is 0 Å². The van der Waals surface area contributed by atoms with Gasteiger partial charge >= 0.3 is 11.9 Å². The van der Waals surface area contributed by atoms with Gasteiger partial charge in [-0.25, -0.2) is 9.59 Å². The lowest BCUT2D eigenvalue weighted by atomic mass is 9.72. The first kappa shape index (κ1) is 24.1. The number of carbonyl (C=O) groups is 2. The van der Waals surface area contributed by atoms with E-state index in [0.29, 0.717) is 5.57 Å². The van der Waals surface area contributed by atoms with Crippen molar-refractivity contribution in [2.24, 2.45) is 5.41 Å². The van der Waals surface area contributed by atoms with Crippen LogP contribution < -0.4 is 0 Å². The third-order valence-electron chi connectivity index (χ3n) is 5.44. The van der Waals surface area contributed by atoms with Crippen LogP contribution >= 0.6 is 0 Å². The molecule has 1 aromatic rings. The van der Waals surface area contributed by atoms with Gasteiger partial charge in [-0.1, -0.05) is 67.5 Å². The molecule has 0 saturated heterocycles. The molecule has 2 rings (SSSR count). The van der Waals surface area contributed by atoms with E-state index in [-0.39, 0.29) is 16.7 Å². The predicted molar refractivity (Wildman–Crippen MR) is 125 cm³/mol. The average molecular weight is 421 g/mol. The van der Waals surface area contributed by atoms with Gasteiger partial charge in [0.15, 0.2) is 0 Å². The van der Waals surface area contributed by atoms with Crippen LogP contribution in [0.1, 0.15) is 64.2 Å². The maximum Gasteiger partial charge on any atom is 0.349 e. The second-order valence-electron chi connectivity index (χ2n) is 8.65. The summed E-state index contributed by atoms with van der Waals surface area (Å²) in [7, 11) is 0. The number of carbonyl (C=O) groups excluding carboxylic acids is 2. The lowest BCUT2D eigenvalue weighted by molar-refractivity contribution is -0.132. The highest BCUT2D eigenvalue weighted by Gasteiger charge is 2.26. The van der Waals surface area contributed by atoms with Crippen LogP contribution in [0, 0.1) is 5.41 Å². The van der Waals surface area contributed by atoms with Crippen molar-refractivity contribution in [3.8, 4) is 5.75 Å². The van der Waals surface area contributed by atoms with Crippen molar-refractivity contribution in [1.29, 1.82) is 0 Å². The molecule has 0 saturated carbocycles. The Morgan fingerprint density at radius 3 is 2.48 bits per heavy atom. The topological polar surface area (TPSA) is 63.6 Å². The maximum absolute atomic E-state index is 12.0. The zero-order valence-electron chi connectivity index (χ0n) is 19.1. The average Bonchev–Trinajstić information content (AvgIpc) is 2.67. The summed E-state index contributed by atoms with van der Waals surface area (Å²) < 4.78 is 4.77. The molecular weight excluding hydrogens is 388 g/mol. The molecule has 0 heterocycles. The molecule has 1 aliphatic rings. The molecule has 0 fully saturated rings. The lowest BCUT2D eigenvalue weighted by Crippen LogP contribution is -2.19. The molecule has 0 bridgehead atoms. The van der Waals surface area contributed by atoms with E-state index in [1.165, 1.54) is 42.2 Å².